The van der Waals surface area contributed by atoms with E-state index in [1.807, 2.05) is 45.0 Å². The maximum Gasteiger partial charge on any atom is 0.407 e. The summed E-state index contributed by atoms with van der Waals surface area (Å²) in [6, 6.07) is 14.8. The van der Waals surface area contributed by atoms with Crippen LogP contribution in [0.25, 0.3) is 11.1 Å². The van der Waals surface area contributed by atoms with Crippen molar-refractivity contribution < 1.29 is 19.1 Å². The number of nitrogens with one attached hydrogen (secondary N) is 3. The maximum atomic E-state index is 12.9. The van der Waals surface area contributed by atoms with Crippen LogP contribution in [-0.2, 0) is 14.3 Å². The highest BCUT2D eigenvalue weighted by Gasteiger charge is 2.30. The molecule has 2 unspecified atom stereocenters. The lowest BCUT2D eigenvalue weighted by molar-refractivity contribution is -0.129. The van der Waals surface area contributed by atoms with Crippen LogP contribution in [0.4, 0.5) is 4.79 Å². The Hall–Kier alpha value is -3.35. The van der Waals surface area contributed by atoms with E-state index in [0.29, 0.717) is 13.0 Å². The minimum atomic E-state index is -0.795. The SMILES string of the molecule is CCCCNC(=O)C(C)NC(=O)C(CC(C)C)NC(=O)OCC1c2ccccc2-c2ccccc21. The first-order chi connectivity index (χ1) is 16.8. The highest BCUT2D eigenvalue weighted by molar-refractivity contribution is 5.91. The Labute approximate surface area is 208 Å². The largest absolute Gasteiger partial charge is 0.449 e. The molecule has 0 radical (unpaired) electrons. The van der Waals surface area contributed by atoms with Crippen molar-refractivity contribution in [1.29, 1.82) is 0 Å². The Kier molecular flexibility index (Phi) is 9.29. The quantitative estimate of drug-likeness (QED) is 0.417. The fourth-order valence-corrected chi connectivity index (χ4v) is 4.41. The number of benzene rings is 2. The van der Waals surface area contributed by atoms with E-state index < -0.39 is 24.1 Å². The number of carbonyl (C=O) groups excluding carboxylic acids is 3. The van der Waals surface area contributed by atoms with Crippen LogP contribution >= 0.6 is 0 Å². The summed E-state index contributed by atoms with van der Waals surface area (Å²) >= 11 is 0. The second-order valence-electron chi connectivity index (χ2n) is 9.53. The number of hydrogen-bond acceptors (Lipinski definition) is 4. The van der Waals surface area contributed by atoms with Crippen LogP contribution in [0.2, 0.25) is 0 Å². The highest BCUT2D eigenvalue weighted by Crippen LogP contribution is 2.44. The molecule has 3 rings (SSSR count). The molecule has 3 N–H and O–H groups in total. The molecular formula is C28H37N3O4. The van der Waals surface area contributed by atoms with Gasteiger partial charge in [0.2, 0.25) is 11.8 Å². The van der Waals surface area contributed by atoms with Gasteiger partial charge in [-0.25, -0.2) is 4.79 Å². The molecule has 3 amide bonds. The molecule has 0 saturated heterocycles. The molecule has 188 valence electrons. The summed E-state index contributed by atoms with van der Waals surface area (Å²) < 4.78 is 5.61. The number of ether oxygens (including phenoxy) is 1. The lowest BCUT2D eigenvalue weighted by Crippen LogP contribution is -2.53. The predicted octanol–water partition coefficient (Wildman–Crippen LogP) is 4.36. The van der Waals surface area contributed by atoms with E-state index in [0.717, 1.165) is 35.1 Å². The van der Waals surface area contributed by atoms with Crippen molar-refractivity contribution in [1.82, 2.24) is 16.0 Å². The van der Waals surface area contributed by atoms with E-state index in [-0.39, 0.29) is 24.3 Å². The number of carbonyl (C=O) groups is 3. The third-order valence-electron chi connectivity index (χ3n) is 6.24. The molecule has 35 heavy (non-hydrogen) atoms. The van der Waals surface area contributed by atoms with E-state index in [1.54, 1.807) is 6.92 Å². The van der Waals surface area contributed by atoms with Gasteiger partial charge in [0.05, 0.1) is 0 Å². The van der Waals surface area contributed by atoms with Crippen LogP contribution in [-0.4, -0.2) is 43.1 Å². The molecule has 0 fully saturated rings. The molecule has 0 bridgehead atoms. The van der Waals surface area contributed by atoms with Crippen molar-refractivity contribution >= 4 is 17.9 Å². The zero-order chi connectivity index (χ0) is 25.4. The van der Waals surface area contributed by atoms with E-state index in [4.69, 9.17) is 4.74 Å². The summed E-state index contributed by atoms with van der Waals surface area (Å²) in [5.41, 5.74) is 4.56. The van der Waals surface area contributed by atoms with E-state index >= 15 is 0 Å². The Balaban J connectivity index is 1.60. The molecule has 7 nitrogen and oxygen atoms in total. The smallest absolute Gasteiger partial charge is 0.407 e. The van der Waals surface area contributed by atoms with E-state index in [9.17, 15) is 14.4 Å². The summed E-state index contributed by atoms with van der Waals surface area (Å²) in [6.45, 7) is 8.37. The Morgan fingerprint density at radius 1 is 0.886 bits per heavy atom. The monoisotopic (exact) mass is 479 g/mol. The number of hydrogen-bond donors (Lipinski definition) is 3. The normalized spacial score (nSPS) is 14.0. The molecule has 2 atom stereocenters. The third kappa shape index (κ3) is 6.84. The fourth-order valence-electron chi connectivity index (χ4n) is 4.41. The first kappa shape index (κ1) is 26.3. The van der Waals surface area contributed by atoms with Crippen molar-refractivity contribution in [2.24, 2.45) is 5.92 Å². The zero-order valence-corrected chi connectivity index (χ0v) is 21.1. The van der Waals surface area contributed by atoms with Gasteiger partial charge in [-0.05, 0) is 47.9 Å². The van der Waals surface area contributed by atoms with Gasteiger partial charge in [0.15, 0.2) is 0 Å². The van der Waals surface area contributed by atoms with Crippen molar-refractivity contribution in [3.63, 3.8) is 0 Å². The number of fused-ring (bicyclic) bond motifs is 3. The van der Waals surface area contributed by atoms with E-state index in [1.165, 1.54) is 0 Å². The van der Waals surface area contributed by atoms with Crippen LogP contribution < -0.4 is 16.0 Å². The van der Waals surface area contributed by atoms with E-state index in [2.05, 4.69) is 40.2 Å². The Morgan fingerprint density at radius 3 is 2.06 bits per heavy atom. The number of rotatable bonds is 11. The van der Waals surface area contributed by atoms with Gasteiger partial charge in [-0.1, -0.05) is 75.7 Å². The van der Waals surface area contributed by atoms with Crippen LogP contribution in [0.5, 0.6) is 0 Å². The van der Waals surface area contributed by atoms with Gasteiger partial charge in [-0.3, -0.25) is 9.59 Å². The zero-order valence-electron chi connectivity index (χ0n) is 21.1. The first-order valence-electron chi connectivity index (χ1n) is 12.5. The molecule has 0 aromatic heterocycles. The standard InChI is InChI=1S/C28H37N3O4/c1-5-6-15-29-26(32)19(4)30-27(33)25(16-18(2)3)31-28(34)35-17-24-22-13-9-7-11-20(22)21-12-8-10-14-23(21)24/h7-14,18-19,24-25H,5-6,15-17H2,1-4H3,(H,29,32)(H,30,33)(H,31,34). The van der Waals surface area contributed by atoms with Gasteiger partial charge in [0.1, 0.15) is 18.7 Å². The van der Waals surface area contributed by atoms with Gasteiger partial charge >= 0.3 is 6.09 Å². The summed E-state index contributed by atoms with van der Waals surface area (Å²) in [5, 5.41) is 8.24. The number of alkyl carbamates (subject to hydrolysis) is 1. The summed E-state index contributed by atoms with van der Waals surface area (Å²) in [7, 11) is 0. The topological polar surface area (TPSA) is 96.5 Å². The molecular weight excluding hydrogens is 442 g/mol. The van der Waals surface area contributed by atoms with Crippen molar-refractivity contribution in [3.05, 3.63) is 59.7 Å². The molecule has 0 saturated carbocycles. The predicted molar refractivity (Wildman–Crippen MR) is 137 cm³/mol. The fraction of sp³-hybridized carbons (Fsp3) is 0.464. The molecule has 7 heteroatoms. The summed E-state index contributed by atoms with van der Waals surface area (Å²) in [4.78, 5) is 37.8. The first-order valence-corrected chi connectivity index (χ1v) is 12.5. The highest BCUT2D eigenvalue weighted by atomic mass is 16.5. The summed E-state index contributed by atoms with van der Waals surface area (Å²) in [5.74, 6) is -0.535. The molecule has 1 aliphatic carbocycles. The average Bonchev–Trinajstić information content (AvgIpc) is 3.15. The average molecular weight is 480 g/mol. The minimum Gasteiger partial charge on any atom is -0.449 e. The summed E-state index contributed by atoms with van der Waals surface area (Å²) in [6.07, 6.45) is 1.64. The van der Waals surface area contributed by atoms with Gasteiger partial charge in [0, 0.05) is 12.5 Å². The minimum absolute atomic E-state index is 0.0580. The van der Waals surface area contributed by atoms with Gasteiger partial charge in [-0.15, -0.1) is 0 Å². The van der Waals surface area contributed by atoms with Crippen molar-refractivity contribution in [2.45, 2.75) is 65.0 Å². The molecule has 0 aliphatic heterocycles. The molecule has 2 aromatic rings. The molecule has 2 aromatic carbocycles. The van der Waals surface area contributed by atoms with Gasteiger partial charge in [-0.2, -0.15) is 0 Å². The molecule has 0 heterocycles. The van der Waals surface area contributed by atoms with Gasteiger partial charge in [0.25, 0.3) is 0 Å². The third-order valence-corrected chi connectivity index (χ3v) is 6.24. The lowest BCUT2D eigenvalue weighted by atomic mass is 9.98. The second-order valence-corrected chi connectivity index (χ2v) is 9.53. The van der Waals surface area contributed by atoms with Crippen LogP contribution in [0.1, 0.15) is 64.0 Å². The number of unbranched alkanes of at least 4 members (excludes halogenated alkanes) is 1. The van der Waals surface area contributed by atoms with Crippen LogP contribution in [0.3, 0.4) is 0 Å². The van der Waals surface area contributed by atoms with Crippen molar-refractivity contribution in [3.8, 4) is 11.1 Å². The second kappa shape index (κ2) is 12.4. The van der Waals surface area contributed by atoms with Crippen molar-refractivity contribution in [2.75, 3.05) is 13.2 Å². The molecule has 1 aliphatic rings. The van der Waals surface area contributed by atoms with Crippen LogP contribution in [0.15, 0.2) is 48.5 Å². The Morgan fingerprint density at radius 2 is 1.49 bits per heavy atom. The molecule has 0 spiro atoms. The maximum absolute atomic E-state index is 12.9. The Bertz CT molecular complexity index is 991. The van der Waals surface area contributed by atoms with Crippen LogP contribution in [0, 0.1) is 5.92 Å². The number of amides is 3. The lowest BCUT2D eigenvalue weighted by Gasteiger charge is -2.23. The van der Waals surface area contributed by atoms with Gasteiger partial charge < -0.3 is 20.7 Å².